The molecule has 0 bridgehead atoms. The van der Waals surface area contributed by atoms with Crippen LogP contribution in [0.2, 0.25) is 0 Å². The fourth-order valence-electron chi connectivity index (χ4n) is 1.58. The molecule has 1 aromatic carbocycles. The number of carbonyl (C=O) groups excluding carboxylic acids is 1. The number of rotatable bonds is 5. The lowest BCUT2D eigenvalue weighted by molar-refractivity contribution is -0.111. The van der Waals surface area contributed by atoms with Gasteiger partial charge in [0.05, 0.1) is 0 Å². The molecule has 1 nitrogen and oxygen atoms in total. The molecular weight excluding hydrogens is 204 g/mol. The lowest BCUT2D eigenvalue weighted by Gasteiger charge is -2.04. The van der Waals surface area contributed by atoms with Crippen LogP contribution in [0.3, 0.4) is 0 Å². The quantitative estimate of drug-likeness (QED) is 0.708. The van der Waals surface area contributed by atoms with E-state index in [1.54, 1.807) is 0 Å². The summed E-state index contributed by atoms with van der Waals surface area (Å²) in [4.78, 5) is 11.1. The third-order valence-electron chi connectivity index (χ3n) is 2.57. The Labute approximate surface area is 96.3 Å². The number of hydrogen-bond donors (Lipinski definition) is 0. The summed E-state index contributed by atoms with van der Waals surface area (Å²) >= 11 is 1.34. The first-order valence-electron chi connectivity index (χ1n) is 5.35. The molecule has 0 aliphatic heterocycles. The largest absolute Gasteiger partial charge is 0.287 e. The van der Waals surface area contributed by atoms with Gasteiger partial charge < -0.3 is 0 Å². The Hall–Kier alpha value is -0.760. The fraction of sp³-hybridized carbons (Fsp3) is 0.462. The maximum absolute atomic E-state index is 11.1. The first kappa shape index (κ1) is 12.3. The summed E-state index contributed by atoms with van der Waals surface area (Å²) < 4.78 is 0. The predicted molar refractivity (Wildman–Crippen MR) is 67.3 cm³/mol. The predicted octanol–water partition coefficient (Wildman–Crippen LogP) is 3.60. The summed E-state index contributed by atoms with van der Waals surface area (Å²) in [5, 5.41) is 0.305. The molecule has 0 saturated carbocycles. The highest BCUT2D eigenvalue weighted by Crippen LogP contribution is 2.12. The molecule has 0 aliphatic rings. The van der Waals surface area contributed by atoms with Crippen molar-refractivity contribution in [2.24, 2.45) is 0 Å². The third-order valence-corrected chi connectivity index (χ3v) is 3.23. The number of hydrogen-bond acceptors (Lipinski definition) is 2. The Bertz CT molecular complexity index is 320. The summed E-state index contributed by atoms with van der Waals surface area (Å²) in [5.74, 6) is 0. The van der Waals surface area contributed by atoms with Crippen molar-refractivity contribution in [3.05, 3.63) is 35.4 Å². The van der Waals surface area contributed by atoms with E-state index in [0.717, 1.165) is 19.3 Å². The van der Waals surface area contributed by atoms with E-state index in [-0.39, 0.29) is 0 Å². The molecule has 0 N–H and O–H groups in total. The number of benzene rings is 1. The van der Waals surface area contributed by atoms with Crippen LogP contribution in [0.25, 0.3) is 0 Å². The number of aryl methyl sites for hydroxylation is 2. The summed E-state index contributed by atoms with van der Waals surface area (Å²) in [6, 6.07) is 8.46. The fourth-order valence-corrected chi connectivity index (χ4v) is 1.93. The zero-order chi connectivity index (χ0) is 11.1. The second-order valence-corrected chi connectivity index (χ2v) is 4.57. The number of carbonyl (C=O) groups is 1. The third kappa shape index (κ3) is 4.52. The van der Waals surface area contributed by atoms with Gasteiger partial charge >= 0.3 is 0 Å². The SMILES string of the molecule is CSC(=O)CCCCc1ccccc1C. The lowest BCUT2D eigenvalue weighted by Crippen LogP contribution is -1.93. The molecule has 0 saturated heterocycles. The van der Waals surface area contributed by atoms with Crippen molar-refractivity contribution in [1.29, 1.82) is 0 Å². The summed E-state index contributed by atoms with van der Waals surface area (Å²) in [7, 11) is 0. The Kier molecular flexibility index (Phi) is 5.48. The van der Waals surface area contributed by atoms with E-state index in [9.17, 15) is 4.79 Å². The molecule has 1 aromatic rings. The smallest absolute Gasteiger partial charge is 0.188 e. The number of thioether (sulfide) groups is 1. The number of unbranched alkanes of at least 4 members (excludes halogenated alkanes) is 1. The van der Waals surface area contributed by atoms with Gasteiger partial charge in [0, 0.05) is 6.42 Å². The summed E-state index contributed by atoms with van der Waals surface area (Å²) in [5.41, 5.74) is 2.77. The molecule has 0 amide bonds. The van der Waals surface area contributed by atoms with Crippen LogP contribution >= 0.6 is 11.8 Å². The van der Waals surface area contributed by atoms with E-state index in [0.29, 0.717) is 11.5 Å². The Morgan fingerprint density at radius 3 is 2.67 bits per heavy atom. The van der Waals surface area contributed by atoms with Gasteiger partial charge in [0.1, 0.15) is 0 Å². The van der Waals surface area contributed by atoms with Crippen LogP contribution in [0.15, 0.2) is 24.3 Å². The van der Waals surface area contributed by atoms with Crippen molar-refractivity contribution in [2.75, 3.05) is 6.26 Å². The van der Waals surface area contributed by atoms with Crippen molar-refractivity contribution < 1.29 is 4.79 Å². The normalized spacial score (nSPS) is 10.3. The molecule has 0 unspecified atom stereocenters. The zero-order valence-electron chi connectivity index (χ0n) is 9.45. The molecule has 82 valence electrons. The van der Waals surface area contributed by atoms with Gasteiger partial charge in [-0.15, -0.1) is 0 Å². The monoisotopic (exact) mass is 222 g/mol. The van der Waals surface area contributed by atoms with Gasteiger partial charge in [0.25, 0.3) is 0 Å². The molecular formula is C13H18OS. The second-order valence-electron chi connectivity index (χ2n) is 3.71. The van der Waals surface area contributed by atoms with E-state index in [4.69, 9.17) is 0 Å². The lowest BCUT2D eigenvalue weighted by atomic mass is 10.0. The van der Waals surface area contributed by atoms with Crippen molar-refractivity contribution in [3.8, 4) is 0 Å². The minimum Gasteiger partial charge on any atom is -0.287 e. The van der Waals surface area contributed by atoms with Gasteiger partial charge in [-0.25, -0.2) is 0 Å². The van der Waals surface area contributed by atoms with Crippen LogP contribution < -0.4 is 0 Å². The molecule has 0 fully saturated rings. The second kappa shape index (κ2) is 6.67. The standard InChI is InChI=1S/C13H18OS/c1-11-7-3-4-8-12(11)9-5-6-10-13(14)15-2/h3-4,7-8H,5-6,9-10H2,1-2H3. The molecule has 0 radical (unpaired) electrons. The average Bonchev–Trinajstić information content (AvgIpc) is 2.26. The first-order valence-corrected chi connectivity index (χ1v) is 6.58. The molecule has 0 atom stereocenters. The van der Waals surface area contributed by atoms with Gasteiger partial charge in [0.15, 0.2) is 5.12 Å². The first-order chi connectivity index (χ1) is 7.24. The van der Waals surface area contributed by atoms with Crippen molar-refractivity contribution in [2.45, 2.75) is 32.6 Å². The Balaban J connectivity index is 2.26. The topological polar surface area (TPSA) is 17.1 Å². The Morgan fingerprint density at radius 1 is 1.27 bits per heavy atom. The molecule has 0 aliphatic carbocycles. The van der Waals surface area contributed by atoms with Crippen molar-refractivity contribution in [3.63, 3.8) is 0 Å². The van der Waals surface area contributed by atoms with Gasteiger partial charge in [-0.05, 0) is 43.6 Å². The van der Waals surface area contributed by atoms with Crippen molar-refractivity contribution >= 4 is 16.9 Å². The highest BCUT2D eigenvalue weighted by atomic mass is 32.2. The molecule has 0 aromatic heterocycles. The summed E-state index contributed by atoms with van der Waals surface area (Å²) in [6.07, 6.45) is 5.77. The minimum absolute atomic E-state index is 0.305. The minimum atomic E-state index is 0.305. The molecule has 0 heterocycles. The summed E-state index contributed by atoms with van der Waals surface area (Å²) in [6.45, 7) is 2.14. The van der Waals surface area contributed by atoms with E-state index in [1.807, 2.05) is 6.26 Å². The van der Waals surface area contributed by atoms with Crippen LogP contribution in [0.4, 0.5) is 0 Å². The maximum atomic E-state index is 11.1. The van der Waals surface area contributed by atoms with E-state index in [2.05, 4.69) is 31.2 Å². The van der Waals surface area contributed by atoms with Gasteiger partial charge in [-0.1, -0.05) is 36.0 Å². The highest BCUT2D eigenvalue weighted by molar-refractivity contribution is 8.13. The van der Waals surface area contributed by atoms with Gasteiger partial charge in [0.2, 0.25) is 0 Å². The maximum Gasteiger partial charge on any atom is 0.188 e. The van der Waals surface area contributed by atoms with E-state index >= 15 is 0 Å². The van der Waals surface area contributed by atoms with Crippen LogP contribution in [-0.4, -0.2) is 11.4 Å². The molecule has 1 rings (SSSR count). The van der Waals surface area contributed by atoms with E-state index < -0.39 is 0 Å². The average molecular weight is 222 g/mol. The van der Waals surface area contributed by atoms with E-state index in [1.165, 1.54) is 22.9 Å². The van der Waals surface area contributed by atoms with Gasteiger partial charge in [-0.2, -0.15) is 0 Å². The molecule has 2 heteroatoms. The van der Waals surface area contributed by atoms with Gasteiger partial charge in [-0.3, -0.25) is 4.79 Å². The molecule has 15 heavy (non-hydrogen) atoms. The highest BCUT2D eigenvalue weighted by Gasteiger charge is 2.00. The zero-order valence-corrected chi connectivity index (χ0v) is 10.3. The van der Waals surface area contributed by atoms with Crippen LogP contribution in [0.1, 0.15) is 30.4 Å². The Morgan fingerprint density at radius 2 is 2.00 bits per heavy atom. The molecule has 0 spiro atoms. The van der Waals surface area contributed by atoms with Crippen LogP contribution in [0.5, 0.6) is 0 Å². The van der Waals surface area contributed by atoms with Crippen LogP contribution in [-0.2, 0) is 11.2 Å². The van der Waals surface area contributed by atoms with Crippen LogP contribution in [0, 0.1) is 6.92 Å². The van der Waals surface area contributed by atoms with Crippen molar-refractivity contribution in [1.82, 2.24) is 0 Å².